The summed E-state index contributed by atoms with van der Waals surface area (Å²) in [4.78, 5) is 35.5. The molecule has 1 fully saturated rings. The molecule has 1 aliphatic carbocycles. The molecule has 1 aliphatic rings. The highest BCUT2D eigenvalue weighted by atomic mass is 16.5. The maximum Gasteiger partial charge on any atom is 0.321 e. The van der Waals surface area contributed by atoms with Crippen molar-refractivity contribution in [2.45, 2.75) is 58.9 Å². The first kappa shape index (κ1) is 19.9. The Morgan fingerprint density at radius 1 is 1.12 bits per heavy atom. The smallest absolute Gasteiger partial charge is 0.321 e. The predicted molar refractivity (Wildman–Crippen MR) is 98.7 cm³/mol. The molecule has 0 heterocycles. The zero-order valence-corrected chi connectivity index (χ0v) is 15.8. The van der Waals surface area contributed by atoms with Gasteiger partial charge in [0, 0.05) is 6.04 Å². The SMILES string of the molecule is Cc1ccc(CC(=O)OCC(=O)NC(=O)N[C@@H]2CCCC[C@H]2C)cc1C. The fourth-order valence-electron chi connectivity index (χ4n) is 3.18. The third-order valence-corrected chi connectivity index (χ3v) is 4.96. The van der Waals surface area contributed by atoms with Crippen LogP contribution < -0.4 is 10.6 Å². The summed E-state index contributed by atoms with van der Waals surface area (Å²) in [5.74, 6) is -0.718. The summed E-state index contributed by atoms with van der Waals surface area (Å²) in [6.45, 7) is 5.61. The van der Waals surface area contributed by atoms with Crippen molar-refractivity contribution in [3.8, 4) is 0 Å². The number of amides is 3. The van der Waals surface area contributed by atoms with Gasteiger partial charge in [0.05, 0.1) is 6.42 Å². The van der Waals surface area contributed by atoms with Gasteiger partial charge in [0.25, 0.3) is 5.91 Å². The molecular formula is C20H28N2O4. The van der Waals surface area contributed by atoms with Crippen molar-refractivity contribution < 1.29 is 19.1 Å². The van der Waals surface area contributed by atoms with Crippen LogP contribution in [-0.2, 0) is 20.7 Å². The summed E-state index contributed by atoms with van der Waals surface area (Å²) in [5.41, 5.74) is 3.09. The van der Waals surface area contributed by atoms with E-state index in [1.54, 1.807) is 0 Å². The number of imide groups is 1. The lowest BCUT2D eigenvalue weighted by molar-refractivity contribution is -0.147. The van der Waals surface area contributed by atoms with Gasteiger partial charge in [-0.05, 0) is 49.3 Å². The van der Waals surface area contributed by atoms with Crippen LogP contribution in [0.1, 0.15) is 49.3 Å². The normalized spacial score (nSPS) is 19.5. The second-order valence-corrected chi connectivity index (χ2v) is 7.15. The van der Waals surface area contributed by atoms with E-state index in [1.165, 1.54) is 6.42 Å². The number of hydrogen-bond acceptors (Lipinski definition) is 4. The van der Waals surface area contributed by atoms with Crippen LogP contribution in [0.5, 0.6) is 0 Å². The Hall–Kier alpha value is -2.37. The van der Waals surface area contributed by atoms with Crippen molar-refractivity contribution in [3.05, 3.63) is 34.9 Å². The molecule has 0 radical (unpaired) electrons. The Bertz CT molecular complexity index is 672. The van der Waals surface area contributed by atoms with E-state index in [9.17, 15) is 14.4 Å². The van der Waals surface area contributed by atoms with Crippen molar-refractivity contribution in [1.29, 1.82) is 0 Å². The molecular weight excluding hydrogens is 332 g/mol. The summed E-state index contributed by atoms with van der Waals surface area (Å²) in [6, 6.07) is 5.29. The standard InChI is InChI=1S/C20H28N2O4/c1-13-8-9-16(10-15(13)3)11-19(24)26-12-18(23)22-20(25)21-17-7-5-4-6-14(17)2/h8-10,14,17H,4-7,11-12H2,1-3H3,(H2,21,22,23,25)/t14-,17-/m1/s1. The van der Waals surface area contributed by atoms with E-state index in [1.807, 2.05) is 32.0 Å². The minimum absolute atomic E-state index is 0.0869. The van der Waals surface area contributed by atoms with Crippen molar-refractivity contribution in [1.82, 2.24) is 10.6 Å². The van der Waals surface area contributed by atoms with E-state index in [4.69, 9.17) is 4.74 Å². The maximum atomic E-state index is 11.9. The average molecular weight is 360 g/mol. The van der Waals surface area contributed by atoms with Crippen LogP contribution in [0, 0.1) is 19.8 Å². The van der Waals surface area contributed by atoms with Gasteiger partial charge in [0.2, 0.25) is 0 Å². The van der Waals surface area contributed by atoms with Crippen LogP contribution in [-0.4, -0.2) is 30.6 Å². The van der Waals surface area contributed by atoms with E-state index in [0.29, 0.717) is 5.92 Å². The molecule has 142 valence electrons. The summed E-state index contributed by atoms with van der Waals surface area (Å²) < 4.78 is 4.96. The van der Waals surface area contributed by atoms with Gasteiger partial charge in [-0.1, -0.05) is 38.0 Å². The molecule has 0 unspecified atom stereocenters. The van der Waals surface area contributed by atoms with Gasteiger partial charge in [-0.25, -0.2) is 4.79 Å². The van der Waals surface area contributed by atoms with Crippen LogP contribution in [0.15, 0.2) is 18.2 Å². The van der Waals surface area contributed by atoms with Crippen molar-refractivity contribution >= 4 is 17.9 Å². The van der Waals surface area contributed by atoms with Gasteiger partial charge in [0.15, 0.2) is 6.61 Å². The first-order valence-corrected chi connectivity index (χ1v) is 9.17. The third kappa shape index (κ3) is 6.17. The quantitative estimate of drug-likeness (QED) is 0.791. The predicted octanol–water partition coefficient (Wildman–Crippen LogP) is 2.79. The monoisotopic (exact) mass is 360 g/mol. The second kappa shape index (κ2) is 9.36. The maximum absolute atomic E-state index is 11.9. The Labute approximate surface area is 154 Å². The van der Waals surface area contributed by atoms with Gasteiger partial charge in [-0.3, -0.25) is 14.9 Å². The Balaban J connectivity index is 1.71. The van der Waals surface area contributed by atoms with Crippen LogP contribution >= 0.6 is 0 Å². The molecule has 1 saturated carbocycles. The summed E-state index contributed by atoms with van der Waals surface area (Å²) in [6.07, 6.45) is 4.36. The van der Waals surface area contributed by atoms with E-state index < -0.39 is 24.5 Å². The zero-order chi connectivity index (χ0) is 19.1. The number of carbonyl (C=O) groups excluding carboxylic acids is 3. The van der Waals surface area contributed by atoms with Crippen molar-refractivity contribution in [3.63, 3.8) is 0 Å². The molecule has 2 rings (SSSR count). The highest BCUT2D eigenvalue weighted by Gasteiger charge is 2.23. The molecule has 0 aromatic heterocycles. The van der Waals surface area contributed by atoms with Gasteiger partial charge in [-0.15, -0.1) is 0 Å². The lowest BCUT2D eigenvalue weighted by atomic mass is 9.86. The molecule has 6 nitrogen and oxygen atoms in total. The van der Waals surface area contributed by atoms with Crippen LogP contribution in [0.3, 0.4) is 0 Å². The number of rotatable bonds is 5. The Kier molecular flexibility index (Phi) is 7.18. The van der Waals surface area contributed by atoms with Crippen molar-refractivity contribution in [2.24, 2.45) is 5.92 Å². The summed E-state index contributed by atoms with van der Waals surface area (Å²) in [7, 11) is 0. The number of aryl methyl sites for hydroxylation is 2. The molecule has 0 aliphatic heterocycles. The molecule has 0 bridgehead atoms. The highest BCUT2D eigenvalue weighted by Crippen LogP contribution is 2.23. The fourth-order valence-corrected chi connectivity index (χ4v) is 3.18. The van der Waals surface area contributed by atoms with Gasteiger partial charge in [0.1, 0.15) is 0 Å². The number of urea groups is 1. The zero-order valence-electron chi connectivity index (χ0n) is 15.8. The van der Waals surface area contributed by atoms with Gasteiger partial charge >= 0.3 is 12.0 Å². The fraction of sp³-hybridized carbons (Fsp3) is 0.550. The molecule has 26 heavy (non-hydrogen) atoms. The van der Waals surface area contributed by atoms with E-state index in [0.717, 1.165) is 36.0 Å². The largest absolute Gasteiger partial charge is 0.455 e. The molecule has 2 atom stereocenters. The lowest BCUT2D eigenvalue weighted by Crippen LogP contribution is -2.48. The van der Waals surface area contributed by atoms with E-state index >= 15 is 0 Å². The molecule has 0 spiro atoms. The van der Waals surface area contributed by atoms with Crippen LogP contribution in [0.2, 0.25) is 0 Å². The molecule has 6 heteroatoms. The number of esters is 1. The Morgan fingerprint density at radius 3 is 2.54 bits per heavy atom. The lowest BCUT2D eigenvalue weighted by Gasteiger charge is -2.29. The number of nitrogens with one attached hydrogen (secondary N) is 2. The topological polar surface area (TPSA) is 84.5 Å². The van der Waals surface area contributed by atoms with E-state index in [2.05, 4.69) is 17.6 Å². The number of benzene rings is 1. The van der Waals surface area contributed by atoms with Crippen LogP contribution in [0.4, 0.5) is 4.79 Å². The minimum atomic E-state index is -0.626. The number of carbonyl (C=O) groups is 3. The second-order valence-electron chi connectivity index (χ2n) is 7.15. The minimum Gasteiger partial charge on any atom is -0.455 e. The molecule has 2 N–H and O–H groups in total. The average Bonchev–Trinajstić information content (AvgIpc) is 2.58. The third-order valence-electron chi connectivity index (χ3n) is 4.96. The summed E-state index contributed by atoms with van der Waals surface area (Å²) >= 11 is 0. The highest BCUT2D eigenvalue weighted by molar-refractivity contribution is 5.95. The Morgan fingerprint density at radius 2 is 1.85 bits per heavy atom. The van der Waals surface area contributed by atoms with E-state index in [-0.39, 0.29) is 12.5 Å². The first-order valence-electron chi connectivity index (χ1n) is 9.17. The van der Waals surface area contributed by atoms with Gasteiger partial charge in [-0.2, -0.15) is 0 Å². The summed E-state index contributed by atoms with van der Waals surface area (Å²) in [5, 5.41) is 5.04. The molecule has 3 amide bonds. The number of hydrogen-bond donors (Lipinski definition) is 2. The molecule has 0 saturated heterocycles. The molecule has 1 aromatic rings. The first-order chi connectivity index (χ1) is 12.3. The van der Waals surface area contributed by atoms with Crippen molar-refractivity contribution in [2.75, 3.05) is 6.61 Å². The molecule has 1 aromatic carbocycles. The van der Waals surface area contributed by atoms with Crippen LogP contribution in [0.25, 0.3) is 0 Å². The number of ether oxygens (including phenoxy) is 1. The van der Waals surface area contributed by atoms with Gasteiger partial charge < -0.3 is 10.1 Å².